The molecule has 2 rings (SSSR count). The summed E-state index contributed by atoms with van der Waals surface area (Å²) in [6, 6.07) is 6.95. The molecule has 1 aliphatic heterocycles. The predicted molar refractivity (Wildman–Crippen MR) is 106 cm³/mol. The molecule has 1 fully saturated rings. The minimum absolute atomic E-state index is 0.00719. The Bertz CT molecular complexity index is 666. The lowest BCUT2D eigenvalue weighted by Crippen LogP contribution is -2.31. The molecular weight excluding hydrogens is 364 g/mol. The average molecular weight is 397 g/mol. The Morgan fingerprint density at radius 1 is 1.11 bits per heavy atom. The largest absolute Gasteiger partial charge is 0.382 e. The lowest BCUT2D eigenvalue weighted by Gasteiger charge is -2.20. The van der Waals surface area contributed by atoms with Crippen LogP contribution in [0.5, 0.6) is 0 Å². The Hall–Kier alpha value is -1.44. The molecule has 1 aromatic carbocycles. The summed E-state index contributed by atoms with van der Waals surface area (Å²) in [5.41, 5.74) is 0.967. The van der Waals surface area contributed by atoms with E-state index < -0.39 is 10.0 Å². The van der Waals surface area contributed by atoms with E-state index in [2.05, 4.69) is 5.32 Å². The van der Waals surface area contributed by atoms with Crippen LogP contribution in [0.3, 0.4) is 0 Å². The molecule has 0 radical (unpaired) electrons. The number of sulfonamides is 1. The Labute approximate surface area is 163 Å². The van der Waals surface area contributed by atoms with Crippen LogP contribution in [0.15, 0.2) is 29.2 Å². The van der Waals surface area contributed by atoms with Gasteiger partial charge in [-0.25, -0.2) is 8.42 Å². The number of nitrogens with one attached hydrogen (secondary N) is 1. The van der Waals surface area contributed by atoms with Crippen molar-refractivity contribution in [2.45, 2.75) is 56.8 Å². The summed E-state index contributed by atoms with van der Waals surface area (Å²) in [4.78, 5) is 12.2. The van der Waals surface area contributed by atoms with E-state index in [9.17, 15) is 13.2 Å². The molecule has 0 bridgehead atoms. The van der Waals surface area contributed by atoms with Gasteiger partial charge in [0.2, 0.25) is 15.9 Å². The van der Waals surface area contributed by atoms with Gasteiger partial charge in [-0.2, -0.15) is 4.31 Å². The second-order valence-corrected chi connectivity index (χ2v) is 8.80. The second kappa shape index (κ2) is 11.4. The topological polar surface area (TPSA) is 75.7 Å². The summed E-state index contributed by atoms with van der Waals surface area (Å²) >= 11 is 0. The molecule has 27 heavy (non-hydrogen) atoms. The van der Waals surface area contributed by atoms with Gasteiger partial charge in [0.15, 0.2) is 0 Å². The van der Waals surface area contributed by atoms with Gasteiger partial charge in [0.25, 0.3) is 0 Å². The quantitative estimate of drug-likeness (QED) is 0.617. The molecule has 6 nitrogen and oxygen atoms in total. The predicted octanol–water partition coefficient (Wildman–Crippen LogP) is 2.73. The van der Waals surface area contributed by atoms with Crippen LogP contribution in [0, 0.1) is 0 Å². The smallest absolute Gasteiger partial charge is 0.243 e. The molecule has 152 valence electrons. The summed E-state index contributed by atoms with van der Waals surface area (Å²) in [5.74, 6) is 0.00719. The van der Waals surface area contributed by atoms with Gasteiger partial charge >= 0.3 is 0 Å². The van der Waals surface area contributed by atoms with E-state index in [4.69, 9.17) is 4.74 Å². The van der Waals surface area contributed by atoms with E-state index in [-0.39, 0.29) is 5.91 Å². The number of nitrogens with zero attached hydrogens (tertiary/aromatic N) is 1. The van der Waals surface area contributed by atoms with E-state index in [0.717, 1.165) is 37.7 Å². The van der Waals surface area contributed by atoms with Gasteiger partial charge < -0.3 is 10.1 Å². The van der Waals surface area contributed by atoms with Crippen molar-refractivity contribution in [1.29, 1.82) is 0 Å². The number of aryl methyl sites for hydroxylation is 1. The van der Waals surface area contributed by atoms with Gasteiger partial charge in [-0.15, -0.1) is 0 Å². The number of rotatable bonds is 10. The van der Waals surface area contributed by atoms with Crippen LogP contribution in [-0.4, -0.2) is 51.5 Å². The number of ether oxygens (including phenoxy) is 1. The molecule has 7 heteroatoms. The third-order valence-corrected chi connectivity index (χ3v) is 6.67. The van der Waals surface area contributed by atoms with E-state index in [1.54, 1.807) is 16.4 Å². The van der Waals surface area contributed by atoms with Crippen molar-refractivity contribution < 1.29 is 17.9 Å². The fourth-order valence-electron chi connectivity index (χ4n) is 3.15. The number of carbonyl (C=O) groups excluding carboxylic acids is 1. The van der Waals surface area contributed by atoms with Gasteiger partial charge in [0.05, 0.1) is 4.90 Å². The van der Waals surface area contributed by atoms with Crippen LogP contribution in [0.2, 0.25) is 0 Å². The molecule has 1 aromatic rings. The SMILES string of the molecule is CCOCCCNC(=O)CCc1ccc(S(=O)(=O)N2CCCCCC2)cc1. The first kappa shape index (κ1) is 21.9. The summed E-state index contributed by atoms with van der Waals surface area (Å²) in [7, 11) is -3.41. The third kappa shape index (κ3) is 7.24. The number of benzene rings is 1. The van der Waals surface area contributed by atoms with Gasteiger partial charge in [-0.3, -0.25) is 4.79 Å². The van der Waals surface area contributed by atoms with Gasteiger partial charge in [0, 0.05) is 39.3 Å². The molecule has 0 aromatic heterocycles. The van der Waals surface area contributed by atoms with Gasteiger partial charge in [-0.1, -0.05) is 25.0 Å². The van der Waals surface area contributed by atoms with Gasteiger partial charge in [-0.05, 0) is 50.3 Å². The molecule has 0 aliphatic carbocycles. The highest BCUT2D eigenvalue weighted by Crippen LogP contribution is 2.21. The molecular formula is C20H32N2O4S. The Balaban J connectivity index is 1.81. The molecule has 0 unspecified atom stereocenters. The maximum atomic E-state index is 12.8. The molecule has 0 atom stereocenters. The van der Waals surface area contributed by atoms with E-state index in [0.29, 0.717) is 50.6 Å². The van der Waals surface area contributed by atoms with E-state index >= 15 is 0 Å². The van der Waals surface area contributed by atoms with E-state index in [1.165, 1.54) is 0 Å². The van der Waals surface area contributed by atoms with E-state index in [1.807, 2.05) is 19.1 Å². The molecule has 1 heterocycles. The highest BCUT2D eigenvalue weighted by atomic mass is 32.2. The van der Waals surface area contributed by atoms with Crippen molar-refractivity contribution in [2.24, 2.45) is 0 Å². The number of amides is 1. The molecule has 0 spiro atoms. The molecule has 0 saturated carbocycles. The summed E-state index contributed by atoms with van der Waals surface area (Å²) in [5, 5.41) is 2.87. The lowest BCUT2D eigenvalue weighted by molar-refractivity contribution is -0.121. The van der Waals surface area contributed by atoms with Crippen molar-refractivity contribution in [1.82, 2.24) is 9.62 Å². The average Bonchev–Trinajstić information content (AvgIpc) is 2.96. The minimum Gasteiger partial charge on any atom is -0.382 e. The van der Waals surface area contributed by atoms with Crippen LogP contribution >= 0.6 is 0 Å². The fraction of sp³-hybridized carbons (Fsp3) is 0.650. The highest BCUT2D eigenvalue weighted by molar-refractivity contribution is 7.89. The van der Waals surface area contributed by atoms with Crippen molar-refractivity contribution in [3.63, 3.8) is 0 Å². The van der Waals surface area contributed by atoms with Crippen molar-refractivity contribution in [2.75, 3.05) is 32.8 Å². The maximum Gasteiger partial charge on any atom is 0.243 e. The second-order valence-electron chi connectivity index (χ2n) is 6.86. The fourth-order valence-corrected chi connectivity index (χ4v) is 4.67. The van der Waals surface area contributed by atoms with Crippen LogP contribution in [-0.2, 0) is 26.0 Å². The van der Waals surface area contributed by atoms with Gasteiger partial charge in [0.1, 0.15) is 0 Å². The number of hydrogen-bond donors (Lipinski definition) is 1. The zero-order chi connectivity index (χ0) is 19.5. The van der Waals surface area contributed by atoms with Crippen molar-refractivity contribution >= 4 is 15.9 Å². The molecule has 1 saturated heterocycles. The Kier molecular flexibility index (Phi) is 9.24. The first-order chi connectivity index (χ1) is 13.0. The minimum atomic E-state index is -3.41. The molecule has 1 aliphatic rings. The summed E-state index contributed by atoms with van der Waals surface area (Å²) in [6.45, 7) is 5.12. The molecule has 1 amide bonds. The first-order valence-corrected chi connectivity index (χ1v) is 11.4. The lowest BCUT2D eigenvalue weighted by atomic mass is 10.1. The Morgan fingerprint density at radius 3 is 2.41 bits per heavy atom. The standard InChI is InChI=1S/C20H32N2O4S/c1-2-26-17-7-14-21-20(23)13-10-18-8-11-19(12-9-18)27(24,25)22-15-5-3-4-6-16-22/h8-9,11-12H,2-7,10,13-17H2,1H3,(H,21,23). The zero-order valence-electron chi connectivity index (χ0n) is 16.3. The van der Waals surface area contributed by atoms with Crippen LogP contribution < -0.4 is 5.32 Å². The highest BCUT2D eigenvalue weighted by Gasteiger charge is 2.24. The monoisotopic (exact) mass is 396 g/mol. The van der Waals surface area contributed by atoms with Crippen molar-refractivity contribution in [3.05, 3.63) is 29.8 Å². The third-order valence-electron chi connectivity index (χ3n) is 4.76. The number of hydrogen-bond acceptors (Lipinski definition) is 4. The normalized spacial score (nSPS) is 16.0. The Morgan fingerprint density at radius 2 is 1.78 bits per heavy atom. The van der Waals surface area contributed by atoms with Crippen LogP contribution in [0.25, 0.3) is 0 Å². The first-order valence-electron chi connectivity index (χ1n) is 9.97. The summed E-state index contributed by atoms with van der Waals surface area (Å²) < 4.78 is 32.4. The van der Waals surface area contributed by atoms with Crippen LogP contribution in [0.4, 0.5) is 0 Å². The summed E-state index contributed by atoms with van der Waals surface area (Å²) in [6.07, 6.45) is 5.85. The zero-order valence-corrected chi connectivity index (χ0v) is 17.1. The van der Waals surface area contributed by atoms with Crippen LogP contribution in [0.1, 0.15) is 51.0 Å². The molecule has 1 N–H and O–H groups in total. The maximum absolute atomic E-state index is 12.8. The van der Waals surface area contributed by atoms with Crippen molar-refractivity contribution in [3.8, 4) is 0 Å². The number of carbonyl (C=O) groups is 1.